The molecule has 2 rings (SSSR count). The van der Waals surface area contributed by atoms with E-state index in [4.69, 9.17) is 0 Å². The number of hydrogen-bond acceptors (Lipinski definition) is 3. The van der Waals surface area contributed by atoms with Gasteiger partial charge in [-0.25, -0.2) is 0 Å². The molecule has 0 amide bonds. The second-order valence-corrected chi connectivity index (χ2v) is 6.39. The molecule has 112 valence electrons. The molecule has 0 spiro atoms. The van der Waals surface area contributed by atoms with E-state index in [0.717, 1.165) is 18.5 Å². The Morgan fingerprint density at radius 3 is 2.68 bits per heavy atom. The summed E-state index contributed by atoms with van der Waals surface area (Å²) >= 11 is 0. The fraction of sp³-hybridized carbons (Fsp3) is 1.00. The molecular weight excluding hydrogens is 234 g/mol. The van der Waals surface area contributed by atoms with E-state index in [0.29, 0.717) is 0 Å². The average Bonchev–Trinajstić information content (AvgIpc) is 2.88. The molecule has 3 heteroatoms. The minimum absolute atomic E-state index is 0.820. The van der Waals surface area contributed by atoms with Crippen LogP contribution in [0.5, 0.6) is 0 Å². The van der Waals surface area contributed by atoms with Crippen LogP contribution in [0.1, 0.15) is 51.9 Å². The standard InChI is InChI=1S/C16H33N3/c1-2-17-10-8-15-9-12-19(14-15)13-11-18-16-6-4-3-5-7-16/h15-18H,2-14H2,1H3. The van der Waals surface area contributed by atoms with Crippen molar-refractivity contribution in [3.8, 4) is 0 Å². The van der Waals surface area contributed by atoms with Gasteiger partial charge in [0.15, 0.2) is 0 Å². The third kappa shape index (κ3) is 5.80. The largest absolute Gasteiger partial charge is 0.317 e. The molecule has 0 aromatic heterocycles. The Kier molecular flexibility index (Phi) is 7.18. The summed E-state index contributed by atoms with van der Waals surface area (Å²) in [7, 11) is 0. The monoisotopic (exact) mass is 267 g/mol. The first-order chi connectivity index (χ1) is 9.38. The van der Waals surface area contributed by atoms with Gasteiger partial charge in [-0.1, -0.05) is 26.2 Å². The number of hydrogen-bond donors (Lipinski definition) is 2. The second-order valence-electron chi connectivity index (χ2n) is 6.39. The first-order valence-corrected chi connectivity index (χ1v) is 8.55. The van der Waals surface area contributed by atoms with Gasteiger partial charge in [-0.05, 0) is 51.2 Å². The Morgan fingerprint density at radius 1 is 1.05 bits per heavy atom. The summed E-state index contributed by atoms with van der Waals surface area (Å²) < 4.78 is 0. The van der Waals surface area contributed by atoms with Gasteiger partial charge in [-0.15, -0.1) is 0 Å². The highest BCUT2D eigenvalue weighted by atomic mass is 15.2. The van der Waals surface area contributed by atoms with E-state index in [1.54, 1.807) is 0 Å². The maximum absolute atomic E-state index is 3.76. The zero-order valence-corrected chi connectivity index (χ0v) is 12.8. The van der Waals surface area contributed by atoms with Gasteiger partial charge in [0.1, 0.15) is 0 Å². The van der Waals surface area contributed by atoms with Gasteiger partial charge in [0.25, 0.3) is 0 Å². The van der Waals surface area contributed by atoms with Crippen LogP contribution in [0.25, 0.3) is 0 Å². The minimum atomic E-state index is 0.820. The number of likely N-dealkylation sites (tertiary alicyclic amines) is 1. The zero-order chi connectivity index (χ0) is 13.3. The lowest BCUT2D eigenvalue weighted by Crippen LogP contribution is -2.37. The van der Waals surface area contributed by atoms with Crippen molar-refractivity contribution in [2.24, 2.45) is 5.92 Å². The lowest BCUT2D eigenvalue weighted by atomic mass is 9.95. The number of rotatable bonds is 8. The predicted octanol–water partition coefficient (Wildman–Crippen LogP) is 2.23. The normalized spacial score (nSPS) is 26.1. The van der Waals surface area contributed by atoms with Crippen molar-refractivity contribution < 1.29 is 0 Å². The van der Waals surface area contributed by atoms with E-state index in [1.165, 1.54) is 77.7 Å². The molecular formula is C16H33N3. The van der Waals surface area contributed by atoms with Crippen molar-refractivity contribution >= 4 is 0 Å². The summed E-state index contributed by atoms with van der Waals surface area (Å²) in [6, 6.07) is 0.820. The van der Waals surface area contributed by atoms with E-state index in [-0.39, 0.29) is 0 Å². The SMILES string of the molecule is CCNCCC1CCN(CCNC2CCCCC2)C1. The number of nitrogens with zero attached hydrogens (tertiary/aromatic N) is 1. The highest BCUT2D eigenvalue weighted by Crippen LogP contribution is 2.19. The zero-order valence-electron chi connectivity index (χ0n) is 12.8. The van der Waals surface area contributed by atoms with Crippen LogP contribution >= 0.6 is 0 Å². The van der Waals surface area contributed by atoms with Gasteiger partial charge in [-0.3, -0.25) is 0 Å². The maximum Gasteiger partial charge on any atom is 0.0107 e. The molecule has 1 heterocycles. The molecule has 1 saturated carbocycles. The molecule has 0 bridgehead atoms. The molecule has 1 atom stereocenters. The van der Waals surface area contributed by atoms with Gasteiger partial charge in [-0.2, -0.15) is 0 Å². The van der Waals surface area contributed by atoms with Crippen LogP contribution in [0.4, 0.5) is 0 Å². The maximum atomic E-state index is 3.76. The van der Waals surface area contributed by atoms with Crippen molar-refractivity contribution in [1.29, 1.82) is 0 Å². The third-order valence-electron chi connectivity index (χ3n) is 4.82. The lowest BCUT2D eigenvalue weighted by molar-refractivity contribution is 0.297. The lowest BCUT2D eigenvalue weighted by Gasteiger charge is -2.24. The topological polar surface area (TPSA) is 27.3 Å². The van der Waals surface area contributed by atoms with E-state index >= 15 is 0 Å². The van der Waals surface area contributed by atoms with E-state index < -0.39 is 0 Å². The molecule has 2 N–H and O–H groups in total. The van der Waals surface area contributed by atoms with Gasteiger partial charge >= 0.3 is 0 Å². The molecule has 0 aromatic carbocycles. The van der Waals surface area contributed by atoms with Gasteiger partial charge < -0.3 is 15.5 Å². The van der Waals surface area contributed by atoms with Crippen molar-refractivity contribution in [1.82, 2.24) is 15.5 Å². The van der Waals surface area contributed by atoms with Crippen LogP contribution in [-0.2, 0) is 0 Å². The highest BCUT2D eigenvalue weighted by molar-refractivity contribution is 4.78. The molecule has 2 fully saturated rings. The van der Waals surface area contributed by atoms with Crippen molar-refractivity contribution in [2.75, 3.05) is 39.3 Å². The second kappa shape index (κ2) is 8.93. The molecule has 1 aliphatic heterocycles. The molecule has 2 aliphatic rings. The third-order valence-corrected chi connectivity index (χ3v) is 4.82. The molecule has 0 aromatic rings. The van der Waals surface area contributed by atoms with Gasteiger partial charge in [0.2, 0.25) is 0 Å². The van der Waals surface area contributed by atoms with E-state index in [1.807, 2.05) is 0 Å². The Balaban J connectivity index is 1.50. The predicted molar refractivity (Wildman–Crippen MR) is 82.6 cm³/mol. The summed E-state index contributed by atoms with van der Waals surface area (Å²) in [5.41, 5.74) is 0. The summed E-state index contributed by atoms with van der Waals surface area (Å²) in [6.45, 7) is 9.62. The Hall–Kier alpha value is -0.120. The van der Waals surface area contributed by atoms with Gasteiger partial charge in [0.05, 0.1) is 0 Å². The summed E-state index contributed by atoms with van der Waals surface area (Å²) in [5.74, 6) is 0.939. The van der Waals surface area contributed by atoms with Crippen molar-refractivity contribution in [3.63, 3.8) is 0 Å². The smallest absolute Gasteiger partial charge is 0.0107 e. The Morgan fingerprint density at radius 2 is 1.89 bits per heavy atom. The summed E-state index contributed by atoms with van der Waals surface area (Å²) in [4.78, 5) is 2.66. The van der Waals surface area contributed by atoms with Gasteiger partial charge in [0, 0.05) is 25.7 Å². The summed E-state index contributed by atoms with van der Waals surface area (Å²) in [6.07, 6.45) is 9.92. The van der Waals surface area contributed by atoms with Crippen LogP contribution in [-0.4, -0.2) is 50.2 Å². The van der Waals surface area contributed by atoms with Crippen molar-refractivity contribution in [3.05, 3.63) is 0 Å². The first kappa shape index (κ1) is 15.3. The molecule has 0 radical (unpaired) electrons. The van der Waals surface area contributed by atoms with Crippen molar-refractivity contribution in [2.45, 2.75) is 57.9 Å². The van der Waals surface area contributed by atoms with Crippen LogP contribution in [0, 0.1) is 5.92 Å². The molecule has 1 saturated heterocycles. The van der Waals surface area contributed by atoms with E-state index in [2.05, 4.69) is 22.5 Å². The Bertz CT molecular complexity index is 226. The van der Waals surface area contributed by atoms with E-state index in [9.17, 15) is 0 Å². The average molecular weight is 267 g/mol. The Labute approximate surface area is 119 Å². The van der Waals surface area contributed by atoms with Crippen LogP contribution in [0.2, 0.25) is 0 Å². The molecule has 1 aliphatic carbocycles. The molecule has 19 heavy (non-hydrogen) atoms. The summed E-state index contributed by atoms with van der Waals surface area (Å²) in [5, 5.41) is 7.21. The molecule has 3 nitrogen and oxygen atoms in total. The first-order valence-electron chi connectivity index (χ1n) is 8.55. The fourth-order valence-electron chi connectivity index (χ4n) is 3.57. The quantitative estimate of drug-likeness (QED) is 0.660. The van der Waals surface area contributed by atoms with Crippen LogP contribution < -0.4 is 10.6 Å². The van der Waals surface area contributed by atoms with Crippen LogP contribution in [0.3, 0.4) is 0 Å². The highest BCUT2D eigenvalue weighted by Gasteiger charge is 2.21. The fourth-order valence-corrected chi connectivity index (χ4v) is 3.57. The number of nitrogens with one attached hydrogen (secondary N) is 2. The van der Waals surface area contributed by atoms with Crippen LogP contribution in [0.15, 0.2) is 0 Å². The minimum Gasteiger partial charge on any atom is -0.317 e. The molecule has 1 unspecified atom stereocenters.